The summed E-state index contributed by atoms with van der Waals surface area (Å²) < 4.78 is 24.0. The van der Waals surface area contributed by atoms with Gasteiger partial charge in [0.1, 0.15) is 0 Å². The first kappa shape index (κ1) is 15.2. The van der Waals surface area contributed by atoms with Crippen LogP contribution < -0.4 is 15.4 Å². The van der Waals surface area contributed by atoms with E-state index in [0.29, 0.717) is 25.1 Å². The van der Waals surface area contributed by atoms with Crippen molar-refractivity contribution in [2.24, 2.45) is 4.99 Å². The Morgan fingerprint density at radius 1 is 1.38 bits per heavy atom. The number of aliphatic imine (C=N–C) groups is 1. The molecule has 0 saturated heterocycles. The van der Waals surface area contributed by atoms with E-state index in [0.717, 1.165) is 12.8 Å². The van der Waals surface area contributed by atoms with Gasteiger partial charge < -0.3 is 10.6 Å². The van der Waals surface area contributed by atoms with Crippen molar-refractivity contribution in [2.75, 3.05) is 25.9 Å². The van der Waals surface area contributed by atoms with E-state index >= 15 is 0 Å². The number of nitrogens with zero attached hydrogens (tertiary/aromatic N) is 1. The molecule has 0 aromatic carbocycles. The first-order chi connectivity index (χ1) is 7.35. The molecule has 0 rings (SSSR count). The van der Waals surface area contributed by atoms with Crippen LogP contribution in [0.25, 0.3) is 0 Å². The highest BCUT2D eigenvalue weighted by molar-refractivity contribution is 7.88. The van der Waals surface area contributed by atoms with Gasteiger partial charge in [-0.25, -0.2) is 13.1 Å². The number of guanidine groups is 1. The third kappa shape index (κ3) is 9.72. The van der Waals surface area contributed by atoms with Crippen LogP contribution in [0.4, 0.5) is 0 Å². The fourth-order valence-corrected chi connectivity index (χ4v) is 1.45. The van der Waals surface area contributed by atoms with E-state index in [1.165, 1.54) is 0 Å². The van der Waals surface area contributed by atoms with Gasteiger partial charge in [0.15, 0.2) is 5.96 Å². The topological polar surface area (TPSA) is 82.6 Å². The Hall–Kier alpha value is -0.820. The van der Waals surface area contributed by atoms with Crippen LogP contribution >= 0.6 is 0 Å². The van der Waals surface area contributed by atoms with Gasteiger partial charge in [-0.3, -0.25) is 4.99 Å². The predicted octanol–water partition coefficient (Wildman–Crippen LogP) is -0.501. The summed E-state index contributed by atoms with van der Waals surface area (Å²) in [5.74, 6) is 0.702. The van der Waals surface area contributed by atoms with Crippen LogP contribution in [0.3, 0.4) is 0 Å². The Bertz CT molecular complexity index is 311. The molecule has 0 radical (unpaired) electrons. The van der Waals surface area contributed by atoms with Gasteiger partial charge in [-0.05, 0) is 20.8 Å². The number of sulfonamides is 1. The van der Waals surface area contributed by atoms with Crippen LogP contribution in [0, 0.1) is 0 Å². The Labute approximate surface area is 98.0 Å². The van der Waals surface area contributed by atoms with Crippen molar-refractivity contribution in [2.45, 2.75) is 26.8 Å². The summed E-state index contributed by atoms with van der Waals surface area (Å²) in [7, 11) is -3.12. The summed E-state index contributed by atoms with van der Waals surface area (Å²) in [5, 5.41) is 6.21. The van der Waals surface area contributed by atoms with E-state index in [1.54, 1.807) is 0 Å². The van der Waals surface area contributed by atoms with Gasteiger partial charge in [-0.15, -0.1) is 0 Å². The molecule has 0 bridgehead atoms. The van der Waals surface area contributed by atoms with Crippen LogP contribution in [0.15, 0.2) is 4.99 Å². The van der Waals surface area contributed by atoms with Crippen molar-refractivity contribution in [3.8, 4) is 0 Å². The summed E-state index contributed by atoms with van der Waals surface area (Å²) in [5.41, 5.74) is 0. The molecule has 0 heterocycles. The maximum atomic E-state index is 10.8. The molecule has 0 spiro atoms. The van der Waals surface area contributed by atoms with Crippen LogP contribution in [-0.2, 0) is 10.0 Å². The molecule has 16 heavy (non-hydrogen) atoms. The summed E-state index contributed by atoms with van der Waals surface area (Å²) >= 11 is 0. The highest BCUT2D eigenvalue weighted by Gasteiger charge is 2.00. The molecule has 0 atom stereocenters. The maximum absolute atomic E-state index is 10.8. The second-order valence-corrected chi connectivity index (χ2v) is 5.56. The minimum Gasteiger partial charge on any atom is -0.357 e. The fraction of sp³-hybridized carbons (Fsp3) is 0.889. The highest BCUT2D eigenvalue weighted by Crippen LogP contribution is 1.80. The van der Waals surface area contributed by atoms with E-state index in [4.69, 9.17) is 0 Å². The third-order valence-corrected chi connectivity index (χ3v) is 2.24. The molecule has 0 aliphatic heterocycles. The first-order valence-corrected chi connectivity index (χ1v) is 7.23. The molecule has 0 unspecified atom stereocenters. The molecule has 0 fully saturated rings. The van der Waals surface area contributed by atoms with Gasteiger partial charge in [-0.1, -0.05) is 0 Å². The number of hydrogen-bond acceptors (Lipinski definition) is 3. The SMILES string of the molecule is CCNC(=NCCNS(C)(=O)=O)NC(C)C. The Morgan fingerprint density at radius 3 is 2.44 bits per heavy atom. The number of hydrogen-bond donors (Lipinski definition) is 3. The molecular formula is C9H22N4O2S. The summed E-state index contributed by atoms with van der Waals surface area (Å²) in [6.07, 6.45) is 1.13. The van der Waals surface area contributed by atoms with Crippen molar-refractivity contribution in [1.29, 1.82) is 0 Å². The van der Waals surface area contributed by atoms with Crippen molar-refractivity contribution in [3.05, 3.63) is 0 Å². The lowest BCUT2D eigenvalue weighted by Gasteiger charge is -2.13. The largest absolute Gasteiger partial charge is 0.357 e. The van der Waals surface area contributed by atoms with E-state index < -0.39 is 10.0 Å². The first-order valence-electron chi connectivity index (χ1n) is 5.34. The fourth-order valence-electron chi connectivity index (χ4n) is 0.992. The lowest BCUT2D eigenvalue weighted by atomic mass is 10.4. The average molecular weight is 250 g/mol. The minimum absolute atomic E-state index is 0.292. The molecule has 0 aromatic heterocycles. The third-order valence-electron chi connectivity index (χ3n) is 1.52. The van der Waals surface area contributed by atoms with Crippen LogP contribution in [0.1, 0.15) is 20.8 Å². The Kier molecular flexibility index (Phi) is 7.07. The zero-order valence-corrected chi connectivity index (χ0v) is 11.2. The zero-order valence-electron chi connectivity index (χ0n) is 10.4. The summed E-state index contributed by atoms with van der Waals surface area (Å²) in [6, 6.07) is 0.292. The Balaban J connectivity index is 4.03. The lowest BCUT2D eigenvalue weighted by molar-refractivity contribution is 0.588. The maximum Gasteiger partial charge on any atom is 0.208 e. The van der Waals surface area contributed by atoms with E-state index in [2.05, 4.69) is 20.3 Å². The molecule has 0 aliphatic carbocycles. The van der Waals surface area contributed by atoms with Crippen molar-refractivity contribution >= 4 is 16.0 Å². The molecule has 0 aliphatic rings. The molecular weight excluding hydrogens is 228 g/mol. The smallest absolute Gasteiger partial charge is 0.208 e. The Morgan fingerprint density at radius 2 is 2.00 bits per heavy atom. The minimum atomic E-state index is -3.12. The van der Waals surface area contributed by atoms with Gasteiger partial charge in [-0.2, -0.15) is 0 Å². The van der Waals surface area contributed by atoms with Gasteiger partial charge in [0.05, 0.1) is 12.8 Å². The summed E-state index contributed by atoms with van der Waals surface area (Å²) in [4.78, 5) is 4.22. The standard InChI is InChI=1S/C9H22N4O2S/c1-5-10-9(13-8(2)3)11-6-7-12-16(4,14)15/h8,12H,5-7H2,1-4H3,(H2,10,11,13). The molecule has 0 aromatic rings. The van der Waals surface area contributed by atoms with Crippen LogP contribution in [0.2, 0.25) is 0 Å². The van der Waals surface area contributed by atoms with Crippen molar-refractivity contribution < 1.29 is 8.42 Å². The zero-order chi connectivity index (χ0) is 12.6. The molecule has 0 saturated carbocycles. The van der Waals surface area contributed by atoms with Gasteiger partial charge in [0.25, 0.3) is 0 Å². The van der Waals surface area contributed by atoms with Gasteiger partial charge >= 0.3 is 0 Å². The molecule has 0 amide bonds. The van der Waals surface area contributed by atoms with E-state index in [-0.39, 0.29) is 0 Å². The molecule has 96 valence electrons. The average Bonchev–Trinajstić information content (AvgIpc) is 2.10. The van der Waals surface area contributed by atoms with E-state index in [1.807, 2.05) is 20.8 Å². The second-order valence-electron chi connectivity index (χ2n) is 3.73. The lowest BCUT2D eigenvalue weighted by Crippen LogP contribution is -2.41. The normalized spacial score (nSPS) is 12.9. The van der Waals surface area contributed by atoms with E-state index in [9.17, 15) is 8.42 Å². The van der Waals surface area contributed by atoms with Crippen LogP contribution in [0.5, 0.6) is 0 Å². The van der Waals surface area contributed by atoms with Crippen LogP contribution in [-0.4, -0.2) is 46.3 Å². The predicted molar refractivity (Wildman–Crippen MR) is 67.1 cm³/mol. The van der Waals surface area contributed by atoms with Gasteiger partial charge in [0.2, 0.25) is 10.0 Å². The molecule has 3 N–H and O–H groups in total. The number of nitrogens with one attached hydrogen (secondary N) is 3. The number of rotatable bonds is 6. The second kappa shape index (κ2) is 7.45. The molecule has 7 heteroatoms. The van der Waals surface area contributed by atoms with Crippen molar-refractivity contribution in [3.63, 3.8) is 0 Å². The molecule has 6 nitrogen and oxygen atoms in total. The highest BCUT2D eigenvalue weighted by atomic mass is 32.2. The van der Waals surface area contributed by atoms with Crippen molar-refractivity contribution in [1.82, 2.24) is 15.4 Å². The summed E-state index contributed by atoms with van der Waals surface area (Å²) in [6.45, 7) is 7.51. The van der Waals surface area contributed by atoms with Gasteiger partial charge in [0, 0.05) is 19.1 Å². The quantitative estimate of drug-likeness (QED) is 0.337. The monoisotopic (exact) mass is 250 g/mol.